The Hall–Kier alpha value is -1.63. The molecular weight excluding hydrogens is 323 g/mol. The van der Waals surface area contributed by atoms with Gasteiger partial charge < -0.3 is 14.8 Å². The molecule has 0 aliphatic carbocycles. The van der Waals surface area contributed by atoms with Crippen molar-refractivity contribution in [2.75, 3.05) is 13.7 Å². The highest BCUT2D eigenvalue weighted by molar-refractivity contribution is 5.85. The summed E-state index contributed by atoms with van der Waals surface area (Å²) in [5.74, 6) is 0.113. The molecule has 1 aromatic rings. The van der Waals surface area contributed by atoms with Crippen molar-refractivity contribution in [3.63, 3.8) is 0 Å². The molecular formula is C14H17ClF3NO3. The summed E-state index contributed by atoms with van der Waals surface area (Å²) < 4.78 is 49.5. The number of alkyl carbamates (subject to hydrolysis) is 1. The number of methoxy groups -OCH3 is 1. The maximum Gasteiger partial charge on any atom is 0.416 e. The zero-order chi connectivity index (χ0) is 15.8. The summed E-state index contributed by atoms with van der Waals surface area (Å²) in [6.45, 7) is 3.52. The Labute approximate surface area is 132 Å². The minimum Gasteiger partial charge on any atom is -0.497 e. The second kappa shape index (κ2) is 6.24. The van der Waals surface area contributed by atoms with E-state index in [1.54, 1.807) is 13.8 Å². The topological polar surface area (TPSA) is 47.6 Å². The lowest BCUT2D eigenvalue weighted by molar-refractivity contribution is -0.139. The number of rotatable bonds is 2. The molecule has 1 amide bonds. The minimum absolute atomic E-state index is 0. The van der Waals surface area contributed by atoms with E-state index in [2.05, 4.69) is 5.32 Å². The lowest BCUT2D eigenvalue weighted by Gasteiger charge is -2.39. The summed E-state index contributed by atoms with van der Waals surface area (Å²) in [5, 5.41) is 2.47. The number of benzene rings is 1. The van der Waals surface area contributed by atoms with Gasteiger partial charge in [-0.25, -0.2) is 4.79 Å². The second-order valence-electron chi connectivity index (χ2n) is 5.59. The number of ether oxygens (including phenoxy) is 2. The first-order valence-electron chi connectivity index (χ1n) is 6.33. The van der Waals surface area contributed by atoms with E-state index in [1.807, 2.05) is 0 Å². The van der Waals surface area contributed by atoms with Gasteiger partial charge >= 0.3 is 12.3 Å². The molecule has 1 heterocycles. The third-order valence-electron chi connectivity index (χ3n) is 3.50. The maximum atomic E-state index is 13.3. The molecule has 0 spiro atoms. The molecule has 1 fully saturated rings. The highest BCUT2D eigenvalue weighted by Gasteiger charge is 2.43. The van der Waals surface area contributed by atoms with E-state index < -0.39 is 29.3 Å². The molecule has 1 atom stereocenters. The molecule has 1 aromatic carbocycles. The Bertz CT molecular complexity index is 561. The third kappa shape index (κ3) is 3.58. The van der Waals surface area contributed by atoms with Crippen LogP contribution in [0.1, 0.15) is 31.0 Å². The minimum atomic E-state index is -4.54. The first-order chi connectivity index (χ1) is 9.65. The molecule has 1 saturated heterocycles. The fourth-order valence-electron chi connectivity index (χ4n) is 2.35. The zero-order valence-electron chi connectivity index (χ0n) is 12.3. The molecule has 2 rings (SSSR count). The number of carbonyl (C=O) groups is 1. The summed E-state index contributed by atoms with van der Waals surface area (Å²) in [5.41, 5.74) is -1.48. The standard InChI is InChI=1S/C14H16F3NO3.ClH/c1-13(2)7-21-12(19)18-11(13)9-5-4-8(20-3)6-10(9)14(15,16)17;/h4-6,11H,7H2,1-3H3,(H,18,19);1H/t11-;/m1./s1. The highest BCUT2D eigenvalue weighted by atomic mass is 35.5. The van der Waals surface area contributed by atoms with Crippen LogP contribution in [0.3, 0.4) is 0 Å². The van der Waals surface area contributed by atoms with Crippen molar-refractivity contribution in [1.82, 2.24) is 5.32 Å². The fourth-order valence-corrected chi connectivity index (χ4v) is 2.35. The molecule has 0 radical (unpaired) electrons. The van der Waals surface area contributed by atoms with Gasteiger partial charge in [0, 0.05) is 5.41 Å². The van der Waals surface area contributed by atoms with Gasteiger partial charge in [0.05, 0.1) is 18.7 Å². The van der Waals surface area contributed by atoms with Crippen LogP contribution < -0.4 is 10.1 Å². The van der Waals surface area contributed by atoms with Crippen molar-refractivity contribution in [1.29, 1.82) is 0 Å². The summed E-state index contributed by atoms with van der Waals surface area (Å²) in [6, 6.07) is 2.93. The molecule has 0 unspecified atom stereocenters. The van der Waals surface area contributed by atoms with Gasteiger partial charge in [-0.3, -0.25) is 0 Å². The molecule has 8 heteroatoms. The Balaban J connectivity index is 0.00000242. The SMILES string of the molecule is COc1ccc([C@H]2NC(=O)OCC2(C)C)c(C(F)(F)F)c1.Cl. The first-order valence-corrected chi connectivity index (χ1v) is 6.33. The predicted molar refractivity (Wildman–Crippen MR) is 76.2 cm³/mol. The number of alkyl halides is 3. The molecule has 0 saturated carbocycles. The number of halogens is 4. The number of cyclic esters (lactones) is 1. The van der Waals surface area contributed by atoms with Crippen molar-refractivity contribution < 1.29 is 27.4 Å². The molecule has 22 heavy (non-hydrogen) atoms. The third-order valence-corrected chi connectivity index (χ3v) is 3.50. The van der Waals surface area contributed by atoms with Crippen LogP contribution in [0.15, 0.2) is 18.2 Å². The monoisotopic (exact) mass is 339 g/mol. The van der Waals surface area contributed by atoms with Crippen LogP contribution in [-0.4, -0.2) is 19.8 Å². The lowest BCUT2D eigenvalue weighted by atomic mass is 9.78. The van der Waals surface area contributed by atoms with Crippen LogP contribution in [0.5, 0.6) is 5.75 Å². The summed E-state index contributed by atoms with van der Waals surface area (Å²) >= 11 is 0. The summed E-state index contributed by atoms with van der Waals surface area (Å²) in [6.07, 6.45) is -5.26. The van der Waals surface area contributed by atoms with Crippen LogP contribution in [-0.2, 0) is 10.9 Å². The van der Waals surface area contributed by atoms with Gasteiger partial charge in [-0.1, -0.05) is 19.9 Å². The highest BCUT2D eigenvalue weighted by Crippen LogP contribution is 2.43. The normalized spacial score (nSPS) is 20.5. The smallest absolute Gasteiger partial charge is 0.416 e. The average Bonchev–Trinajstić information content (AvgIpc) is 2.40. The second-order valence-corrected chi connectivity index (χ2v) is 5.59. The van der Waals surface area contributed by atoms with Gasteiger partial charge in [0.15, 0.2) is 0 Å². The maximum absolute atomic E-state index is 13.3. The lowest BCUT2D eigenvalue weighted by Crippen LogP contribution is -2.47. The van der Waals surface area contributed by atoms with E-state index in [0.29, 0.717) is 0 Å². The van der Waals surface area contributed by atoms with Gasteiger partial charge in [0.25, 0.3) is 0 Å². The first kappa shape index (κ1) is 18.4. The molecule has 1 aliphatic heterocycles. The van der Waals surface area contributed by atoms with Crippen LogP contribution in [0, 0.1) is 5.41 Å². The summed E-state index contributed by atoms with van der Waals surface area (Å²) in [7, 11) is 1.30. The van der Waals surface area contributed by atoms with Crippen molar-refractivity contribution in [3.05, 3.63) is 29.3 Å². The molecule has 4 nitrogen and oxygen atoms in total. The molecule has 0 aromatic heterocycles. The summed E-state index contributed by atoms with van der Waals surface area (Å²) in [4.78, 5) is 11.4. The van der Waals surface area contributed by atoms with Crippen LogP contribution >= 0.6 is 12.4 Å². The number of carbonyl (C=O) groups excluding carboxylic acids is 1. The van der Waals surface area contributed by atoms with Crippen LogP contribution in [0.2, 0.25) is 0 Å². The van der Waals surface area contributed by atoms with Crippen molar-refractivity contribution in [3.8, 4) is 5.75 Å². The largest absolute Gasteiger partial charge is 0.497 e. The van der Waals surface area contributed by atoms with E-state index >= 15 is 0 Å². The number of nitrogens with one attached hydrogen (secondary N) is 1. The molecule has 0 bridgehead atoms. The molecule has 1 N–H and O–H groups in total. The number of hydrogen-bond acceptors (Lipinski definition) is 3. The van der Waals surface area contributed by atoms with E-state index in [1.165, 1.54) is 19.2 Å². The zero-order valence-corrected chi connectivity index (χ0v) is 13.1. The van der Waals surface area contributed by atoms with Gasteiger partial charge in [-0.05, 0) is 17.7 Å². The van der Waals surface area contributed by atoms with Crippen LogP contribution in [0.4, 0.5) is 18.0 Å². The van der Waals surface area contributed by atoms with Gasteiger partial charge in [-0.15, -0.1) is 12.4 Å². The van der Waals surface area contributed by atoms with Crippen molar-refractivity contribution in [2.45, 2.75) is 26.1 Å². The van der Waals surface area contributed by atoms with E-state index in [-0.39, 0.29) is 30.3 Å². The Morgan fingerprint density at radius 2 is 2.00 bits per heavy atom. The Morgan fingerprint density at radius 1 is 1.36 bits per heavy atom. The van der Waals surface area contributed by atoms with E-state index in [9.17, 15) is 18.0 Å². The molecule has 1 aliphatic rings. The predicted octanol–water partition coefficient (Wildman–Crippen LogP) is 3.94. The van der Waals surface area contributed by atoms with Crippen molar-refractivity contribution >= 4 is 18.5 Å². The number of hydrogen-bond donors (Lipinski definition) is 1. The fraction of sp³-hybridized carbons (Fsp3) is 0.500. The van der Waals surface area contributed by atoms with Gasteiger partial charge in [0.2, 0.25) is 0 Å². The van der Waals surface area contributed by atoms with Crippen LogP contribution in [0.25, 0.3) is 0 Å². The van der Waals surface area contributed by atoms with E-state index in [4.69, 9.17) is 9.47 Å². The quantitative estimate of drug-likeness (QED) is 0.887. The van der Waals surface area contributed by atoms with E-state index in [0.717, 1.165) is 6.07 Å². The Morgan fingerprint density at radius 3 is 2.55 bits per heavy atom. The molecule has 124 valence electrons. The Kier molecular flexibility index (Phi) is 5.22. The van der Waals surface area contributed by atoms with Gasteiger partial charge in [0.1, 0.15) is 12.4 Å². The number of amides is 1. The van der Waals surface area contributed by atoms with Gasteiger partial charge in [-0.2, -0.15) is 13.2 Å². The van der Waals surface area contributed by atoms with Crippen molar-refractivity contribution in [2.24, 2.45) is 5.41 Å². The average molecular weight is 340 g/mol.